The van der Waals surface area contributed by atoms with Gasteiger partial charge in [-0.15, -0.1) is 0 Å². The Morgan fingerprint density at radius 1 is 1.32 bits per heavy atom. The van der Waals surface area contributed by atoms with Gasteiger partial charge in [0.05, 0.1) is 16.6 Å². The van der Waals surface area contributed by atoms with Crippen LogP contribution < -0.4 is 5.32 Å². The van der Waals surface area contributed by atoms with E-state index in [4.69, 9.17) is 23.2 Å². The van der Waals surface area contributed by atoms with Crippen LogP contribution in [0.5, 0.6) is 0 Å². The highest BCUT2D eigenvalue weighted by Gasteiger charge is 2.14. The molecule has 19 heavy (non-hydrogen) atoms. The van der Waals surface area contributed by atoms with Gasteiger partial charge in [0, 0.05) is 19.1 Å². The molecule has 1 unspecified atom stereocenters. The number of nitrogens with zero attached hydrogens (tertiary/aromatic N) is 1. The topological polar surface area (TPSA) is 32.3 Å². The Balaban J connectivity index is 2.63. The molecule has 1 amide bonds. The lowest BCUT2D eigenvalue weighted by molar-refractivity contribution is -0.129. The molecule has 0 aliphatic carbocycles. The van der Waals surface area contributed by atoms with Gasteiger partial charge in [0.15, 0.2) is 0 Å². The molecule has 0 saturated carbocycles. The quantitative estimate of drug-likeness (QED) is 0.872. The van der Waals surface area contributed by atoms with E-state index in [9.17, 15) is 4.79 Å². The van der Waals surface area contributed by atoms with Crippen molar-refractivity contribution in [3.63, 3.8) is 0 Å². The van der Waals surface area contributed by atoms with Gasteiger partial charge in [0.2, 0.25) is 5.91 Å². The number of amides is 1. The summed E-state index contributed by atoms with van der Waals surface area (Å²) in [6.07, 6.45) is 0. The van der Waals surface area contributed by atoms with Crippen molar-refractivity contribution in [1.82, 2.24) is 10.2 Å². The zero-order valence-electron chi connectivity index (χ0n) is 11.5. The van der Waals surface area contributed by atoms with Crippen LogP contribution in [0.2, 0.25) is 10.0 Å². The van der Waals surface area contributed by atoms with Crippen LogP contribution in [0.25, 0.3) is 0 Å². The van der Waals surface area contributed by atoms with Gasteiger partial charge in [0.1, 0.15) is 0 Å². The summed E-state index contributed by atoms with van der Waals surface area (Å²) in [5.41, 5.74) is 0.904. The van der Waals surface area contributed by atoms with Crippen LogP contribution in [-0.4, -0.2) is 30.4 Å². The first kappa shape index (κ1) is 16.3. The molecule has 0 saturated heterocycles. The third-order valence-corrected chi connectivity index (χ3v) is 3.96. The summed E-state index contributed by atoms with van der Waals surface area (Å²) < 4.78 is 0. The van der Waals surface area contributed by atoms with Gasteiger partial charge in [0.25, 0.3) is 0 Å². The van der Waals surface area contributed by atoms with Crippen molar-refractivity contribution in [3.8, 4) is 0 Å². The molecule has 3 nitrogen and oxygen atoms in total. The minimum atomic E-state index is -0.0225. The zero-order chi connectivity index (χ0) is 14.4. The third kappa shape index (κ3) is 4.37. The summed E-state index contributed by atoms with van der Waals surface area (Å²) in [5.74, 6) is 0.0926. The van der Waals surface area contributed by atoms with E-state index in [-0.39, 0.29) is 11.9 Å². The fraction of sp³-hybridized carbons (Fsp3) is 0.500. The van der Waals surface area contributed by atoms with Crippen molar-refractivity contribution in [3.05, 3.63) is 33.8 Å². The minimum Gasteiger partial charge on any atom is -0.342 e. The maximum Gasteiger partial charge on any atom is 0.236 e. The number of benzene rings is 1. The van der Waals surface area contributed by atoms with Crippen LogP contribution in [0, 0.1) is 0 Å². The second kappa shape index (κ2) is 7.73. The highest BCUT2D eigenvalue weighted by Crippen LogP contribution is 2.29. The summed E-state index contributed by atoms with van der Waals surface area (Å²) in [6.45, 7) is 7.66. The molecule has 0 heterocycles. The Labute approximate surface area is 124 Å². The van der Waals surface area contributed by atoms with Gasteiger partial charge in [-0.2, -0.15) is 0 Å². The van der Waals surface area contributed by atoms with Crippen LogP contribution >= 0.6 is 23.2 Å². The maximum atomic E-state index is 11.9. The summed E-state index contributed by atoms with van der Waals surface area (Å²) in [4.78, 5) is 13.7. The molecule has 0 aliphatic rings. The maximum absolute atomic E-state index is 11.9. The molecule has 1 atom stereocenters. The molecule has 1 aromatic rings. The van der Waals surface area contributed by atoms with Crippen LogP contribution in [0.1, 0.15) is 32.4 Å². The van der Waals surface area contributed by atoms with Gasteiger partial charge in [-0.05, 0) is 32.4 Å². The average molecular weight is 303 g/mol. The molecule has 0 bridgehead atoms. The molecule has 0 fully saturated rings. The lowest BCUT2D eigenvalue weighted by atomic mass is 10.1. The predicted octanol–water partition coefficient (Wildman–Crippen LogP) is 3.51. The van der Waals surface area contributed by atoms with Crippen molar-refractivity contribution in [1.29, 1.82) is 0 Å². The Kier molecular flexibility index (Phi) is 6.63. The lowest BCUT2D eigenvalue weighted by Gasteiger charge is -2.21. The van der Waals surface area contributed by atoms with Crippen molar-refractivity contribution in [2.45, 2.75) is 26.8 Å². The molecule has 1 N–H and O–H groups in total. The molecule has 0 spiro atoms. The fourth-order valence-corrected chi connectivity index (χ4v) is 2.36. The van der Waals surface area contributed by atoms with Gasteiger partial charge in [-0.1, -0.05) is 35.3 Å². The summed E-state index contributed by atoms with van der Waals surface area (Å²) >= 11 is 12.1. The predicted molar refractivity (Wildman–Crippen MR) is 80.8 cm³/mol. The van der Waals surface area contributed by atoms with Crippen LogP contribution in [0.3, 0.4) is 0 Å². The summed E-state index contributed by atoms with van der Waals surface area (Å²) in [7, 11) is 0. The summed E-state index contributed by atoms with van der Waals surface area (Å²) in [6, 6.07) is 5.49. The van der Waals surface area contributed by atoms with Crippen molar-refractivity contribution in [2.75, 3.05) is 19.6 Å². The van der Waals surface area contributed by atoms with Gasteiger partial charge in [-0.25, -0.2) is 0 Å². The van der Waals surface area contributed by atoms with Crippen LogP contribution in [0.4, 0.5) is 0 Å². The molecule has 0 aliphatic heterocycles. The van der Waals surface area contributed by atoms with E-state index in [1.54, 1.807) is 11.0 Å². The Hall–Kier alpha value is -0.770. The molecule has 0 aromatic heterocycles. The number of hydrogen-bond donors (Lipinski definition) is 1. The number of hydrogen-bond acceptors (Lipinski definition) is 2. The summed E-state index contributed by atoms with van der Waals surface area (Å²) in [5, 5.41) is 4.25. The average Bonchev–Trinajstić information content (AvgIpc) is 2.40. The van der Waals surface area contributed by atoms with Crippen LogP contribution in [0.15, 0.2) is 18.2 Å². The van der Waals surface area contributed by atoms with E-state index >= 15 is 0 Å². The van der Waals surface area contributed by atoms with Crippen LogP contribution in [-0.2, 0) is 4.79 Å². The van der Waals surface area contributed by atoms with Crippen molar-refractivity contribution in [2.24, 2.45) is 0 Å². The minimum absolute atomic E-state index is 0.0225. The highest BCUT2D eigenvalue weighted by molar-refractivity contribution is 6.42. The zero-order valence-corrected chi connectivity index (χ0v) is 13.1. The standard InChI is InChI=1S/C14H20Cl2N2O/c1-4-18(5-2)13(19)9-17-10(3)11-7-6-8-12(15)14(11)16/h6-8,10,17H,4-5,9H2,1-3H3. The molecule has 1 rings (SSSR count). The van der Waals surface area contributed by atoms with Crippen molar-refractivity contribution < 1.29 is 4.79 Å². The van der Waals surface area contributed by atoms with E-state index in [0.717, 1.165) is 18.7 Å². The second-order valence-corrected chi connectivity index (χ2v) is 5.10. The first-order valence-corrected chi connectivity index (χ1v) is 7.21. The number of nitrogens with one attached hydrogen (secondary N) is 1. The SMILES string of the molecule is CCN(CC)C(=O)CNC(C)c1cccc(Cl)c1Cl. The van der Waals surface area contributed by atoms with Gasteiger partial charge < -0.3 is 10.2 Å². The Morgan fingerprint density at radius 3 is 2.53 bits per heavy atom. The molecule has 0 radical (unpaired) electrons. The lowest BCUT2D eigenvalue weighted by Crippen LogP contribution is -2.38. The normalized spacial score (nSPS) is 12.3. The highest BCUT2D eigenvalue weighted by atomic mass is 35.5. The largest absolute Gasteiger partial charge is 0.342 e. The van der Waals surface area contributed by atoms with E-state index < -0.39 is 0 Å². The number of likely N-dealkylation sites (N-methyl/N-ethyl adjacent to an activating group) is 1. The van der Waals surface area contributed by atoms with E-state index in [1.165, 1.54) is 0 Å². The number of carbonyl (C=O) groups excluding carboxylic acids is 1. The molecule has 1 aromatic carbocycles. The number of carbonyl (C=O) groups is 1. The Morgan fingerprint density at radius 2 is 1.95 bits per heavy atom. The first-order chi connectivity index (χ1) is 9.01. The van der Waals surface area contributed by atoms with E-state index in [0.29, 0.717) is 16.6 Å². The van der Waals surface area contributed by atoms with Gasteiger partial charge >= 0.3 is 0 Å². The van der Waals surface area contributed by atoms with Crippen molar-refractivity contribution >= 4 is 29.1 Å². The molecule has 106 valence electrons. The number of halogens is 2. The molecular weight excluding hydrogens is 283 g/mol. The van der Waals surface area contributed by atoms with E-state index in [2.05, 4.69) is 5.32 Å². The Bertz CT molecular complexity index is 433. The molecular formula is C14H20Cl2N2O. The fourth-order valence-electron chi connectivity index (χ4n) is 1.89. The molecule has 5 heteroatoms. The van der Waals surface area contributed by atoms with E-state index in [1.807, 2.05) is 32.9 Å². The monoisotopic (exact) mass is 302 g/mol. The third-order valence-electron chi connectivity index (χ3n) is 3.12. The second-order valence-electron chi connectivity index (χ2n) is 4.31. The smallest absolute Gasteiger partial charge is 0.236 e. The first-order valence-electron chi connectivity index (χ1n) is 6.46. The number of rotatable bonds is 6. The van der Waals surface area contributed by atoms with Gasteiger partial charge in [-0.3, -0.25) is 4.79 Å².